The van der Waals surface area contributed by atoms with Gasteiger partial charge in [-0.15, -0.1) is 0 Å². The third kappa shape index (κ3) is 5.58. The Bertz CT molecular complexity index is 257. The molecule has 2 N–H and O–H groups in total. The van der Waals surface area contributed by atoms with E-state index in [2.05, 4.69) is 5.32 Å². The van der Waals surface area contributed by atoms with Crippen molar-refractivity contribution in [3.05, 3.63) is 0 Å². The predicted molar refractivity (Wildman–Crippen MR) is 60.2 cm³/mol. The van der Waals surface area contributed by atoms with Gasteiger partial charge in [0, 0.05) is 6.04 Å². The van der Waals surface area contributed by atoms with Crippen LogP contribution in [0.15, 0.2) is 0 Å². The first-order valence-corrected chi connectivity index (χ1v) is 5.39. The van der Waals surface area contributed by atoms with Crippen molar-refractivity contribution in [1.29, 1.82) is 0 Å². The molecule has 0 aliphatic carbocycles. The summed E-state index contributed by atoms with van der Waals surface area (Å²) >= 11 is 0. The maximum absolute atomic E-state index is 11.4. The normalized spacial score (nSPS) is 15.1. The lowest BCUT2D eigenvalue weighted by Gasteiger charge is -2.24. The molecule has 0 heterocycles. The maximum atomic E-state index is 11.4. The van der Waals surface area contributed by atoms with Crippen molar-refractivity contribution in [3.63, 3.8) is 0 Å². The molecule has 0 fully saturated rings. The van der Waals surface area contributed by atoms with Crippen molar-refractivity contribution in [3.8, 4) is 0 Å². The van der Waals surface area contributed by atoms with Crippen molar-refractivity contribution < 1.29 is 19.4 Å². The molecule has 5 heteroatoms. The Morgan fingerprint density at radius 3 is 2.19 bits per heavy atom. The van der Waals surface area contributed by atoms with Crippen LogP contribution in [-0.4, -0.2) is 28.8 Å². The number of nitrogens with one attached hydrogen (secondary N) is 1. The molecule has 5 nitrogen and oxygen atoms in total. The van der Waals surface area contributed by atoms with Crippen molar-refractivity contribution in [2.45, 2.75) is 52.7 Å². The van der Waals surface area contributed by atoms with Crippen molar-refractivity contribution in [2.24, 2.45) is 5.92 Å². The summed E-state index contributed by atoms with van der Waals surface area (Å²) in [5.41, 5.74) is -0.575. The minimum atomic E-state index is -0.911. The lowest BCUT2D eigenvalue weighted by atomic mass is 9.99. The fourth-order valence-electron chi connectivity index (χ4n) is 1.34. The van der Waals surface area contributed by atoms with Crippen LogP contribution in [-0.2, 0) is 9.53 Å². The van der Waals surface area contributed by atoms with Crippen LogP contribution in [0.5, 0.6) is 0 Å². The Balaban J connectivity index is 4.28. The number of carboxylic acid groups (broad SMARTS) is 1. The Labute approximate surface area is 96.2 Å². The van der Waals surface area contributed by atoms with E-state index < -0.39 is 29.6 Å². The number of carbonyl (C=O) groups excluding carboxylic acids is 1. The molecule has 0 aromatic carbocycles. The molecule has 0 radical (unpaired) electrons. The second kappa shape index (κ2) is 5.72. The fraction of sp³-hybridized carbons (Fsp3) is 0.818. The first-order valence-electron chi connectivity index (χ1n) is 5.39. The maximum Gasteiger partial charge on any atom is 0.407 e. The smallest absolute Gasteiger partial charge is 0.407 e. The molecule has 0 aliphatic rings. The van der Waals surface area contributed by atoms with E-state index in [1.165, 1.54) is 0 Å². The molecular weight excluding hydrogens is 210 g/mol. The highest BCUT2D eigenvalue weighted by molar-refractivity contribution is 5.73. The monoisotopic (exact) mass is 231 g/mol. The quantitative estimate of drug-likeness (QED) is 0.776. The zero-order valence-corrected chi connectivity index (χ0v) is 10.5. The van der Waals surface area contributed by atoms with Gasteiger partial charge >= 0.3 is 12.1 Å². The number of amides is 1. The summed E-state index contributed by atoms with van der Waals surface area (Å²) < 4.78 is 5.04. The van der Waals surface area contributed by atoms with E-state index in [1.54, 1.807) is 34.6 Å². The highest BCUT2D eigenvalue weighted by Gasteiger charge is 2.26. The molecule has 0 aromatic rings. The van der Waals surface area contributed by atoms with Crippen LogP contribution >= 0.6 is 0 Å². The van der Waals surface area contributed by atoms with Crippen LogP contribution in [0.3, 0.4) is 0 Å². The summed E-state index contributed by atoms with van der Waals surface area (Å²) in [6.07, 6.45) is -0.119. The molecule has 0 saturated heterocycles. The molecule has 0 aliphatic heterocycles. The molecule has 2 unspecified atom stereocenters. The summed E-state index contributed by atoms with van der Waals surface area (Å²) in [4.78, 5) is 22.2. The minimum Gasteiger partial charge on any atom is -0.481 e. The molecule has 1 amide bonds. The standard InChI is InChI=1S/C11H21NO4/c1-6-8(9(13)14)7(2)12-10(15)16-11(3,4)5/h7-8H,6H2,1-5H3,(H,12,15)(H,13,14). The second-order valence-corrected chi connectivity index (χ2v) is 4.79. The fourth-order valence-corrected chi connectivity index (χ4v) is 1.34. The average molecular weight is 231 g/mol. The lowest BCUT2D eigenvalue weighted by molar-refractivity contribution is -0.142. The van der Waals surface area contributed by atoms with Crippen LogP contribution in [0.2, 0.25) is 0 Å². The van der Waals surface area contributed by atoms with E-state index in [0.717, 1.165) is 0 Å². The van der Waals surface area contributed by atoms with E-state index in [4.69, 9.17) is 9.84 Å². The van der Waals surface area contributed by atoms with Gasteiger partial charge in [-0.3, -0.25) is 4.79 Å². The molecule has 0 aromatic heterocycles. The van der Waals surface area contributed by atoms with Gasteiger partial charge in [0.2, 0.25) is 0 Å². The zero-order chi connectivity index (χ0) is 12.9. The Kier molecular flexibility index (Phi) is 5.27. The van der Waals surface area contributed by atoms with Gasteiger partial charge in [-0.05, 0) is 34.1 Å². The van der Waals surface area contributed by atoms with Gasteiger partial charge in [-0.1, -0.05) is 6.92 Å². The van der Waals surface area contributed by atoms with Crippen LogP contribution in [0.4, 0.5) is 4.79 Å². The van der Waals surface area contributed by atoms with E-state index in [9.17, 15) is 9.59 Å². The SMILES string of the molecule is CCC(C(=O)O)C(C)NC(=O)OC(C)(C)C. The summed E-state index contributed by atoms with van der Waals surface area (Å²) in [7, 11) is 0. The van der Waals surface area contributed by atoms with Gasteiger partial charge in [0.05, 0.1) is 5.92 Å². The number of ether oxygens (including phenoxy) is 1. The molecule has 0 spiro atoms. The highest BCUT2D eigenvalue weighted by Crippen LogP contribution is 2.11. The summed E-state index contributed by atoms with van der Waals surface area (Å²) in [5.74, 6) is -1.50. The number of rotatable bonds is 4. The molecule has 2 atom stereocenters. The number of carboxylic acids is 1. The van der Waals surface area contributed by atoms with E-state index in [1.807, 2.05) is 0 Å². The number of aliphatic carboxylic acids is 1. The average Bonchev–Trinajstić information content (AvgIpc) is 1.99. The lowest BCUT2D eigenvalue weighted by Crippen LogP contribution is -2.43. The summed E-state index contributed by atoms with van der Waals surface area (Å²) in [6.45, 7) is 8.70. The molecule has 16 heavy (non-hydrogen) atoms. The van der Waals surface area contributed by atoms with Gasteiger partial charge in [0.25, 0.3) is 0 Å². The second-order valence-electron chi connectivity index (χ2n) is 4.79. The van der Waals surface area contributed by atoms with E-state index in [0.29, 0.717) is 6.42 Å². The van der Waals surface area contributed by atoms with Crippen LogP contribution in [0, 0.1) is 5.92 Å². The predicted octanol–water partition coefficient (Wildman–Crippen LogP) is 2.01. The number of hydrogen-bond acceptors (Lipinski definition) is 3. The molecule has 94 valence electrons. The Morgan fingerprint density at radius 2 is 1.88 bits per heavy atom. The first kappa shape index (κ1) is 14.7. The molecule has 0 rings (SSSR count). The largest absolute Gasteiger partial charge is 0.481 e. The van der Waals surface area contributed by atoms with Crippen LogP contribution in [0.25, 0.3) is 0 Å². The van der Waals surface area contributed by atoms with E-state index in [-0.39, 0.29) is 0 Å². The van der Waals surface area contributed by atoms with Gasteiger partial charge < -0.3 is 15.2 Å². The molecule has 0 bridgehead atoms. The molecule has 0 saturated carbocycles. The minimum absolute atomic E-state index is 0.447. The van der Waals surface area contributed by atoms with Gasteiger partial charge in [0.15, 0.2) is 0 Å². The van der Waals surface area contributed by atoms with Gasteiger partial charge in [-0.2, -0.15) is 0 Å². The van der Waals surface area contributed by atoms with Crippen molar-refractivity contribution in [2.75, 3.05) is 0 Å². The summed E-state index contributed by atoms with van der Waals surface area (Å²) in [5, 5.41) is 11.4. The summed E-state index contributed by atoms with van der Waals surface area (Å²) in [6, 6.07) is -0.447. The first-order chi connectivity index (χ1) is 7.17. The zero-order valence-electron chi connectivity index (χ0n) is 10.5. The highest BCUT2D eigenvalue weighted by atomic mass is 16.6. The number of hydrogen-bond donors (Lipinski definition) is 2. The van der Waals surface area contributed by atoms with Gasteiger partial charge in [0.1, 0.15) is 5.60 Å². The number of alkyl carbamates (subject to hydrolysis) is 1. The van der Waals surface area contributed by atoms with Crippen LogP contribution < -0.4 is 5.32 Å². The Hall–Kier alpha value is -1.26. The topological polar surface area (TPSA) is 75.6 Å². The van der Waals surface area contributed by atoms with Crippen molar-refractivity contribution in [1.82, 2.24) is 5.32 Å². The van der Waals surface area contributed by atoms with Crippen LogP contribution in [0.1, 0.15) is 41.0 Å². The van der Waals surface area contributed by atoms with Crippen molar-refractivity contribution >= 4 is 12.1 Å². The molecular formula is C11H21NO4. The number of carbonyl (C=O) groups is 2. The third-order valence-electron chi connectivity index (χ3n) is 2.10. The van der Waals surface area contributed by atoms with E-state index >= 15 is 0 Å². The third-order valence-corrected chi connectivity index (χ3v) is 2.10. The Morgan fingerprint density at radius 1 is 1.38 bits per heavy atom. The van der Waals surface area contributed by atoms with Gasteiger partial charge in [-0.25, -0.2) is 4.79 Å².